The van der Waals surface area contributed by atoms with Crippen molar-refractivity contribution in [2.45, 2.75) is 38.1 Å². The molecule has 6 heteroatoms. The number of anilines is 1. The third-order valence-corrected chi connectivity index (χ3v) is 5.03. The number of nitrogens with one attached hydrogen (secondary N) is 1. The lowest BCUT2D eigenvalue weighted by molar-refractivity contribution is -0.127. The van der Waals surface area contributed by atoms with Crippen LogP contribution < -0.4 is 11.1 Å². The smallest absolute Gasteiger partial charge is 0.228 e. The zero-order valence-corrected chi connectivity index (χ0v) is 15.3. The van der Waals surface area contributed by atoms with Crippen LogP contribution in [-0.4, -0.2) is 41.2 Å². The summed E-state index contributed by atoms with van der Waals surface area (Å²) in [6, 6.07) is 10.2. The van der Waals surface area contributed by atoms with Crippen molar-refractivity contribution in [3.05, 3.63) is 54.6 Å². The predicted octanol–water partition coefficient (Wildman–Crippen LogP) is 2.88. The number of likely N-dealkylation sites (N-methyl/N-ethyl adjacent to an activating group) is 1. The van der Waals surface area contributed by atoms with E-state index in [1.807, 2.05) is 30.3 Å². The molecule has 2 aliphatic rings. The van der Waals surface area contributed by atoms with Gasteiger partial charge in [-0.3, -0.25) is 4.79 Å². The molecule has 2 fully saturated rings. The van der Waals surface area contributed by atoms with Crippen LogP contribution in [-0.2, 0) is 4.79 Å². The number of benzene rings is 1. The minimum atomic E-state index is 0.0523. The van der Waals surface area contributed by atoms with E-state index < -0.39 is 0 Å². The number of rotatable bonds is 4. The average molecular weight is 353 g/mol. The largest absolute Gasteiger partial charge is 0.403 e. The van der Waals surface area contributed by atoms with E-state index in [1.54, 1.807) is 11.9 Å². The Balaban J connectivity index is 1.92. The van der Waals surface area contributed by atoms with Crippen molar-refractivity contribution in [3.8, 4) is 0 Å². The standard InChI is InChI=1S/C20H27N5O/c1-15(22-16-8-4-3-5-9-16)23-20-18(14-21)24(2)19(26)12-13-25(20)17-10-6-7-11-17/h3-5,8-9,14,17,22H,1,6-7,10-13,21H2,2H3/b18-14+,23-20?. The summed E-state index contributed by atoms with van der Waals surface area (Å²) in [4.78, 5) is 21.0. The Bertz CT molecular complexity index is 719. The minimum absolute atomic E-state index is 0.0523. The summed E-state index contributed by atoms with van der Waals surface area (Å²) >= 11 is 0. The Labute approximate surface area is 155 Å². The van der Waals surface area contributed by atoms with Gasteiger partial charge in [0.25, 0.3) is 0 Å². The first-order valence-corrected chi connectivity index (χ1v) is 9.15. The Morgan fingerprint density at radius 2 is 2.00 bits per heavy atom. The summed E-state index contributed by atoms with van der Waals surface area (Å²) in [7, 11) is 1.75. The van der Waals surface area contributed by atoms with Gasteiger partial charge in [-0.15, -0.1) is 0 Å². The molecule has 6 nitrogen and oxygen atoms in total. The van der Waals surface area contributed by atoms with Crippen molar-refractivity contribution < 1.29 is 4.79 Å². The summed E-state index contributed by atoms with van der Waals surface area (Å²) in [5.74, 6) is 1.30. The second kappa shape index (κ2) is 8.08. The lowest BCUT2D eigenvalue weighted by Gasteiger charge is -2.31. The topological polar surface area (TPSA) is 74.0 Å². The lowest BCUT2D eigenvalue weighted by atomic mass is 10.2. The van der Waals surface area contributed by atoms with Crippen LogP contribution in [0.25, 0.3) is 0 Å². The molecule has 0 unspecified atom stereocenters. The number of aliphatic imine (C=N–C) groups is 1. The number of nitrogens with two attached hydrogens (primary N) is 1. The zero-order chi connectivity index (χ0) is 18.5. The fourth-order valence-corrected chi connectivity index (χ4v) is 3.64. The number of para-hydroxylation sites is 1. The van der Waals surface area contributed by atoms with E-state index in [-0.39, 0.29) is 5.91 Å². The fourth-order valence-electron chi connectivity index (χ4n) is 3.64. The highest BCUT2D eigenvalue weighted by Gasteiger charge is 2.33. The Morgan fingerprint density at radius 1 is 1.31 bits per heavy atom. The number of nitrogens with zero attached hydrogens (tertiary/aromatic N) is 3. The number of hydrogen-bond donors (Lipinski definition) is 2. The van der Waals surface area contributed by atoms with Gasteiger partial charge >= 0.3 is 0 Å². The number of amidine groups is 1. The molecular weight excluding hydrogens is 326 g/mol. The minimum Gasteiger partial charge on any atom is -0.403 e. The second-order valence-electron chi connectivity index (χ2n) is 6.76. The summed E-state index contributed by atoms with van der Waals surface area (Å²) in [5.41, 5.74) is 7.45. The molecule has 1 aromatic rings. The van der Waals surface area contributed by atoms with Crippen LogP contribution in [0.2, 0.25) is 0 Å². The molecule has 3 N–H and O–H groups in total. The van der Waals surface area contributed by atoms with Crippen LogP contribution in [0.1, 0.15) is 32.1 Å². The molecule has 0 radical (unpaired) electrons. The summed E-state index contributed by atoms with van der Waals surface area (Å²) in [5, 5.41) is 3.21. The first-order chi connectivity index (χ1) is 12.6. The van der Waals surface area contributed by atoms with Gasteiger partial charge in [0.05, 0.1) is 0 Å². The highest BCUT2D eigenvalue weighted by molar-refractivity contribution is 6.03. The fraction of sp³-hybridized carbons (Fsp3) is 0.400. The number of hydrogen-bond acceptors (Lipinski definition) is 4. The van der Waals surface area contributed by atoms with Gasteiger partial charge < -0.3 is 20.9 Å². The number of amides is 1. The molecule has 1 saturated heterocycles. The molecule has 0 spiro atoms. The van der Waals surface area contributed by atoms with E-state index in [9.17, 15) is 4.79 Å². The molecule has 0 atom stereocenters. The van der Waals surface area contributed by atoms with Gasteiger partial charge in [0.1, 0.15) is 11.5 Å². The van der Waals surface area contributed by atoms with Crippen molar-refractivity contribution in [1.29, 1.82) is 0 Å². The maximum Gasteiger partial charge on any atom is 0.228 e. The lowest BCUT2D eigenvalue weighted by Crippen LogP contribution is -2.41. The van der Waals surface area contributed by atoms with Gasteiger partial charge in [0.15, 0.2) is 5.84 Å². The van der Waals surface area contributed by atoms with E-state index in [4.69, 9.17) is 10.7 Å². The molecule has 0 aromatic heterocycles. The molecule has 26 heavy (non-hydrogen) atoms. The molecule has 1 aliphatic carbocycles. The van der Waals surface area contributed by atoms with Crippen molar-refractivity contribution in [1.82, 2.24) is 9.80 Å². The van der Waals surface area contributed by atoms with Gasteiger partial charge in [-0.25, -0.2) is 4.99 Å². The second-order valence-corrected chi connectivity index (χ2v) is 6.76. The Hall–Kier alpha value is -2.76. The average Bonchev–Trinajstić information content (AvgIpc) is 3.13. The maximum atomic E-state index is 12.4. The molecule has 1 aliphatic heterocycles. The van der Waals surface area contributed by atoms with E-state index in [1.165, 1.54) is 19.0 Å². The van der Waals surface area contributed by atoms with Gasteiger partial charge in [-0.05, 0) is 25.0 Å². The third kappa shape index (κ3) is 3.90. The normalized spacial score (nSPS) is 22.1. The molecule has 1 amide bonds. The molecule has 1 saturated carbocycles. The van der Waals surface area contributed by atoms with E-state index in [2.05, 4.69) is 16.8 Å². The number of carbonyl (C=O) groups excluding carboxylic acids is 1. The summed E-state index contributed by atoms with van der Waals surface area (Å²) < 4.78 is 0. The number of carbonyl (C=O) groups is 1. The molecule has 1 aromatic carbocycles. The van der Waals surface area contributed by atoms with Crippen LogP contribution in [0.3, 0.4) is 0 Å². The molecule has 1 heterocycles. The van der Waals surface area contributed by atoms with Crippen molar-refractivity contribution >= 4 is 17.4 Å². The van der Waals surface area contributed by atoms with Crippen LogP contribution in [0.15, 0.2) is 59.6 Å². The summed E-state index contributed by atoms with van der Waals surface area (Å²) in [6.45, 7) is 4.71. The van der Waals surface area contributed by atoms with Gasteiger partial charge in [-0.2, -0.15) is 0 Å². The Morgan fingerprint density at radius 3 is 2.65 bits per heavy atom. The Kier molecular flexibility index (Phi) is 5.61. The van der Waals surface area contributed by atoms with Gasteiger partial charge in [0.2, 0.25) is 5.91 Å². The van der Waals surface area contributed by atoms with Crippen LogP contribution >= 0.6 is 0 Å². The van der Waals surface area contributed by atoms with Crippen molar-refractivity contribution in [2.75, 3.05) is 18.9 Å². The van der Waals surface area contributed by atoms with Crippen molar-refractivity contribution in [2.24, 2.45) is 10.7 Å². The highest BCUT2D eigenvalue weighted by atomic mass is 16.2. The third-order valence-electron chi connectivity index (χ3n) is 5.03. The quantitative estimate of drug-likeness (QED) is 0.873. The molecule has 138 valence electrons. The van der Waals surface area contributed by atoms with E-state index in [0.717, 1.165) is 24.4 Å². The van der Waals surface area contributed by atoms with Crippen LogP contribution in [0, 0.1) is 0 Å². The summed E-state index contributed by atoms with van der Waals surface area (Å²) in [6.07, 6.45) is 6.59. The van der Waals surface area contributed by atoms with Crippen LogP contribution in [0.4, 0.5) is 5.69 Å². The van der Waals surface area contributed by atoms with Gasteiger partial charge in [-0.1, -0.05) is 37.6 Å². The zero-order valence-electron chi connectivity index (χ0n) is 15.3. The first kappa shape index (κ1) is 18.0. The van der Waals surface area contributed by atoms with E-state index >= 15 is 0 Å². The van der Waals surface area contributed by atoms with Crippen LogP contribution in [0.5, 0.6) is 0 Å². The van der Waals surface area contributed by atoms with E-state index in [0.29, 0.717) is 30.5 Å². The maximum absolute atomic E-state index is 12.4. The first-order valence-electron chi connectivity index (χ1n) is 9.15. The predicted molar refractivity (Wildman–Crippen MR) is 105 cm³/mol. The highest BCUT2D eigenvalue weighted by Crippen LogP contribution is 2.28. The SMILES string of the molecule is C=C(N=C1/C(=C\N)N(C)C(=O)CCN1C1CCCC1)Nc1ccccc1. The molecule has 0 bridgehead atoms. The molecule has 3 rings (SSSR count). The molecular formula is C20H27N5O. The van der Waals surface area contributed by atoms with Crippen molar-refractivity contribution in [3.63, 3.8) is 0 Å². The van der Waals surface area contributed by atoms with Gasteiger partial charge in [0, 0.05) is 37.9 Å². The monoisotopic (exact) mass is 353 g/mol.